The van der Waals surface area contributed by atoms with E-state index in [0.29, 0.717) is 6.54 Å². The summed E-state index contributed by atoms with van der Waals surface area (Å²) in [4.78, 5) is 20.4. The highest BCUT2D eigenvalue weighted by molar-refractivity contribution is 9.10. The molecule has 1 aliphatic rings. The number of nitrogens with zero attached hydrogens (tertiary/aromatic N) is 3. The zero-order valence-corrected chi connectivity index (χ0v) is 20.9. The molecule has 0 bridgehead atoms. The van der Waals surface area contributed by atoms with E-state index in [1.54, 1.807) is 0 Å². The summed E-state index contributed by atoms with van der Waals surface area (Å²) >= 11 is 3.54. The molecule has 174 valence electrons. The van der Waals surface area contributed by atoms with Crippen LogP contribution in [0.15, 0.2) is 83.3 Å². The van der Waals surface area contributed by atoms with Crippen LogP contribution in [0.4, 0.5) is 0 Å². The standard InChI is InChI=1S/C28H29BrN4O/c1-20(21-8-3-2-4-9-21)30-28(34)22-10-7-17-32(18-22)19-27-31-25-11-5-6-12-26(25)33(27)24-15-13-23(29)14-16-24/h2-6,8-9,11-16,20,22H,7,10,17-19H2,1H3,(H,30,34)/t20-,22-/m1/s1. The Morgan fingerprint density at radius 2 is 1.79 bits per heavy atom. The number of nitrogens with one attached hydrogen (secondary N) is 1. The van der Waals surface area contributed by atoms with Gasteiger partial charge in [-0.15, -0.1) is 0 Å². The lowest BCUT2D eigenvalue weighted by atomic mass is 9.96. The van der Waals surface area contributed by atoms with Crippen LogP contribution in [0.25, 0.3) is 16.7 Å². The number of halogens is 1. The van der Waals surface area contributed by atoms with Crippen LogP contribution in [0, 0.1) is 5.92 Å². The van der Waals surface area contributed by atoms with Gasteiger partial charge in [-0.1, -0.05) is 58.4 Å². The molecule has 5 nitrogen and oxygen atoms in total. The van der Waals surface area contributed by atoms with Gasteiger partial charge in [0.1, 0.15) is 5.82 Å². The van der Waals surface area contributed by atoms with E-state index in [4.69, 9.17) is 4.98 Å². The zero-order chi connectivity index (χ0) is 23.5. The number of hydrogen-bond acceptors (Lipinski definition) is 3. The van der Waals surface area contributed by atoms with Crippen molar-refractivity contribution in [3.05, 3.63) is 94.7 Å². The van der Waals surface area contributed by atoms with Gasteiger partial charge in [0.25, 0.3) is 0 Å². The van der Waals surface area contributed by atoms with Crippen LogP contribution in [0.3, 0.4) is 0 Å². The van der Waals surface area contributed by atoms with Gasteiger partial charge in [0.05, 0.1) is 29.5 Å². The summed E-state index contributed by atoms with van der Waals surface area (Å²) in [5.41, 5.74) is 4.31. The first-order chi connectivity index (χ1) is 16.6. The number of amides is 1. The van der Waals surface area contributed by atoms with Crippen LogP contribution in [0.1, 0.15) is 37.2 Å². The average Bonchev–Trinajstić information content (AvgIpc) is 3.23. The topological polar surface area (TPSA) is 50.2 Å². The van der Waals surface area contributed by atoms with Gasteiger partial charge in [0, 0.05) is 16.7 Å². The van der Waals surface area contributed by atoms with Gasteiger partial charge in [0.15, 0.2) is 0 Å². The third-order valence-electron chi connectivity index (χ3n) is 6.61. The minimum atomic E-state index is -0.00887. The number of imidazole rings is 1. The number of fused-ring (bicyclic) bond motifs is 1. The molecule has 34 heavy (non-hydrogen) atoms. The molecule has 1 saturated heterocycles. The van der Waals surface area contributed by atoms with Crippen molar-refractivity contribution < 1.29 is 4.79 Å². The number of carbonyl (C=O) groups is 1. The van der Waals surface area contributed by atoms with E-state index in [2.05, 4.69) is 92.2 Å². The highest BCUT2D eigenvalue weighted by Crippen LogP contribution is 2.26. The summed E-state index contributed by atoms with van der Waals surface area (Å²) in [7, 11) is 0. The Morgan fingerprint density at radius 3 is 2.59 bits per heavy atom. The normalized spacial score (nSPS) is 17.5. The van der Waals surface area contributed by atoms with E-state index in [0.717, 1.165) is 58.5 Å². The number of para-hydroxylation sites is 2. The number of carbonyl (C=O) groups excluding carboxylic acids is 1. The zero-order valence-electron chi connectivity index (χ0n) is 19.3. The first kappa shape index (κ1) is 22.8. The van der Waals surface area contributed by atoms with Crippen molar-refractivity contribution in [3.8, 4) is 5.69 Å². The molecule has 4 aromatic rings. The van der Waals surface area contributed by atoms with Crippen molar-refractivity contribution >= 4 is 32.9 Å². The highest BCUT2D eigenvalue weighted by atomic mass is 79.9. The summed E-state index contributed by atoms with van der Waals surface area (Å²) in [5.74, 6) is 1.13. The minimum Gasteiger partial charge on any atom is -0.349 e. The quantitative estimate of drug-likeness (QED) is 0.348. The monoisotopic (exact) mass is 516 g/mol. The van der Waals surface area contributed by atoms with Gasteiger partial charge in [-0.25, -0.2) is 4.98 Å². The maximum absolute atomic E-state index is 13.1. The Morgan fingerprint density at radius 1 is 1.06 bits per heavy atom. The number of likely N-dealkylation sites (tertiary alicyclic amines) is 1. The fourth-order valence-electron chi connectivity index (χ4n) is 4.83. The molecule has 1 aromatic heterocycles. The molecule has 2 heterocycles. The molecule has 0 radical (unpaired) electrons. The van der Waals surface area contributed by atoms with E-state index >= 15 is 0 Å². The maximum Gasteiger partial charge on any atom is 0.224 e. The second kappa shape index (κ2) is 10.1. The Hall–Kier alpha value is -2.96. The first-order valence-electron chi connectivity index (χ1n) is 11.9. The molecular formula is C28H29BrN4O. The van der Waals surface area contributed by atoms with E-state index in [1.165, 1.54) is 0 Å². The third kappa shape index (κ3) is 4.93. The predicted octanol–water partition coefficient (Wildman–Crippen LogP) is 5.88. The van der Waals surface area contributed by atoms with Crippen LogP contribution in [0.2, 0.25) is 0 Å². The molecule has 1 amide bonds. The third-order valence-corrected chi connectivity index (χ3v) is 7.14. The molecule has 2 atom stereocenters. The van der Waals surface area contributed by atoms with E-state index in [-0.39, 0.29) is 17.9 Å². The van der Waals surface area contributed by atoms with Crippen LogP contribution < -0.4 is 5.32 Å². The predicted molar refractivity (Wildman–Crippen MR) is 140 cm³/mol. The Bertz CT molecular complexity index is 1270. The van der Waals surface area contributed by atoms with Crippen LogP contribution in [-0.4, -0.2) is 33.4 Å². The number of aromatic nitrogens is 2. The van der Waals surface area contributed by atoms with Gasteiger partial charge >= 0.3 is 0 Å². The van der Waals surface area contributed by atoms with E-state index < -0.39 is 0 Å². The van der Waals surface area contributed by atoms with Gasteiger partial charge in [-0.3, -0.25) is 14.3 Å². The molecule has 1 fully saturated rings. The number of rotatable bonds is 6. The Labute approximate surface area is 208 Å². The van der Waals surface area contributed by atoms with E-state index in [1.807, 2.05) is 24.3 Å². The Kier molecular flexibility index (Phi) is 6.79. The van der Waals surface area contributed by atoms with Crippen molar-refractivity contribution in [1.29, 1.82) is 0 Å². The van der Waals surface area contributed by atoms with Crippen LogP contribution in [-0.2, 0) is 11.3 Å². The SMILES string of the molecule is C[C@@H](NC(=O)[C@@H]1CCCN(Cc2nc3ccccc3n2-c2ccc(Br)cc2)C1)c1ccccc1. The number of piperidine rings is 1. The molecule has 0 unspecified atom stereocenters. The lowest BCUT2D eigenvalue weighted by Gasteiger charge is -2.32. The van der Waals surface area contributed by atoms with Crippen LogP contribution >= 0.6 is 15.9 Å². The van der Waals surface area contributed by atoms with Gasteiger partial charge in [0.2, 0.25) is 5.91 Å². The maximum atomic E-state index is 13.1. The molecule has 0 spiro atoms. The molecule has 1 aliphatic heterocycles. The largest absolute Gasteiger partial charge is 0.349 e. The Balaban J connectivity index is 1.33. The highest BCUT2D eigenvalue weighted by Gasteiger charge is 2.28. The van der Waals surface area contributed by atoms with Gasteiger partial charge in [-0.2, -0.15) is 0 Å². The summed E-state index contributed by atoms with van der Waals surface area (Å²) < 4.78 is 3.29. The minimum absolute atomic E-state index is 0.00526. The van der Waals surface area contributed by atoms with Crippen molar-refractivity contribution in [2.45, 2.75) is 32.4 Å². The van der Waals surface area contributed by atoms with Crippen molar-refractivity contribution in [2.24, 2.45) is 5.92 Å². The second-order valence-corrected chi connectivity index (χ2v) is 9.96. The first-order valence-corrected chi connectivity index (χ1v) is 12.7. The van der Waals surface area contributed by atoms with Crippen molar-refractivity contribution in [2.75, 3.05) is 13.1 Å². The van der Waals surface area contributed by atoms with Gasteiger partial charge in [-0.05, 0) is 68.3 Å². The lowest BCUT2D eigenvalue weighted by molar-refractivity contribution is -0.127. The van der Waals surface area contributed by atoms with Gasteiger partial charge < -0.3 is 5.32 Å². The van der Waals surface area contributed by atoms with E-state index in [9.17, 15) is 4.79 Å². The second-order valence-electron chi connectivity index (χ2n) is 9.04. The fourth-order valence-corrected chi connectivity index (χ4v) is 5.09. The molecule has 6 heteroatoms. The molecule has 3 aromatic carbocycles. The lowest BCUT2D eigenvalue weighted by Crippen LogP contribution is -2.43. The molecule has 5 rings (SSSR count). The number of hydrogen-bond donors (Lipinski definition) is 1. The fraction of sp³-hybridized carbons (Fsp3) is 0.286. The smallest absolute Gasteiger partial charge is 0.224 e. The summed E-state index contributed by atoms with van der Waals surface area (Å²) in [5, 5.41) is 3.22. The van der Waals surface area contributed by atoms with Crippen molar-refractivity contribution in [3.63, 3.8) is 0 Å². The molecular weight excluding hydrogens is 488 g/mol. The summed E-state index contributed by atoms with van der Waals surface area (Å²) in [6.07, 6.45) is 1.93. The van der Waals surface area contributed by atoms with Crippen molar-refractivity contribution in [1.82, 2.24) is 19.8 Å². The number of benzene rings is 3. The molecule has 0 saturated carbocycles. The average molecular weight is 517 g/mol. The molecule has 0 aliphatic carbocycles. The summed E-state index contributed by atoms with van der Waals surface area (Å²) in [6.45, 7) is 4.48. The molecule has 1 N–H and O–H groups in total. The van der Waals surface area contributed by atoms with Crippen LogP contribution in [0.5, 0.6) is 0 Å². The summed E-state index contributed by atoms with van der Waals surface area (Å²) in [6, 6.07) is 26.7.